The van der Waals surface area contributed by atoms with Crippen molar-refractivity contribution in [2.24, 2.45) is 0 Å². The molecule has 1 N–H and O–H groups in total. The largest absolute Gasteiger partial charge is 0.492 e. The lowest BCUT2D eigenvalue weighted by Gasteiger charge is -2.15. The molecule has 0 saturated carbocycles. The van der Waals surface area contributed by atoms with Gasteiger partial charge in [0.15, 0.2) is 17.3 Å². The van der Waals surface area contributed by atoms with Crippen molar-refractivity contribution in [3.63, 3.8) is 0 Å². The summed E-state index contributed by atoms with van der Waals surface area (Å²) in [4.78, 5) is 0. The van der Waals surface area contributed by atoms with Crippen LogP contribution in [0.2, 0.25) is 0 Å². The van der Waals surface area contributed by atoms with Crippen molar-refractivity contribution < 1.29 is 23.4 Å². The maximum absolute atomic E-state index is 13.5. The quantitative estimate of drug-likeness (QED) is 0.861. The van der Waals surface area contributed by atoms with Gasteiger partial charge in [-0.05, 0) is 6.92 Å². The Labute approximate surface area is 92.6 Å². The zero-order valence-electron chi connectivity index (χ0n) is 9.38. The van der Waals surface area contributed by atoms with E-state index in [2.05, 4.69) is 0 Å². The molecule has 5 heteroatoms. The third-order valence-electron chi connectivity index (χ3n) is 2.15. The molecule has 3 nitrogen and oxygen atoms in total. The first kappa shape index (κ1) is 12.7. The highest BCUT2D eigenvalue weighted by Gasteiger charge is 2.21. The van der Waals surface area contributed by atoms with Crippen LogP contribution in [0.3, 0.4) is 0 Å². The number of methoxy groups -OCH3 is 2. The molecule has 0 saturated heterocycles. The van der Waals surface area contributed by atoms with Gasteiger partial charge in [-0.25, -0.2) is 8.78 Å². The predicted octanol–water partition coefficient (Wildman–Crippen LogP) is 1.91. The second kappa shape index (κ2) is 5.12. The Kier molecular flexibility index (Phi) is 4.06. The monoisotopic (exact) mass is 232 g/mol. The lowest BCUT2D eigenvalue weighted by Crippen LogP contribution is -2.09. The summed E-state index contributed by atoms with van der Waals surface area (Å²) in [5, 5.41) is 9.23. The average Bonchev–Trinajstić information content (AvgIpc) is 2.20. The van der Waals surface area contributed by atoms with Crippen molar-refractivity contribution in [3.05, 3.63) is 23.3 Å². The molecule has 1 aromatic carbocycles. The average molecular weight is 232 g/mol. The van der Waals surface area contributed by atoms with Crippen molar-refractivity contribution >= 4 is 0 Å². The van der Waals surface area contributed by atoms with Crippen LogP contribution in [0.15, 0.2) is 6.07 Å². The molecule has 1 rings (SSSR count). The second-order valence-electron chi connectivity index (χ2n) is 3.44. The number of aliphatic hydroxyl groups is 1. The Morgan fingerprint density at radius 2 is 1.75 bits per heavy atom. The highest BCUT2D eigenvalue weighted by molar-refractivity contribution is 5.48. The van der Waals surface area contributed by atoms with E-state index in [-0.39, 0.29) is 23.5 Å². The van der Waals surface area contributed by atoms with Gasteiger partial charge in [0.05, 0.1) is 20.3 Å². The summed E-state index contributed by atoms with van der Waals surface area (Å²) in [7, 11) is 2.56. The van der Waals surface area contributed by atoms with Crippen LogP contribution in [-0.4, -0.2) is 25.4 Å². The van der Waals surface area contributed by atoms with Crippen molar-refractivity contribution in [1.29, 1.82) is 0 Å². The van der Waals surface area contributed by atoms with Gasteiger partial charge >= 0.3 is 0 Å². The van der Waals surface area contributed by atoms with Crippen molar-refractivity contribution in [2.45, 2.75) is 19.4 Å². The molecule has 0 fully saturated rings. The Morgan fingerprint density at radius 1 is 1.19 bits per heavy atom. The fourth-order valence-electron chi connectivity index (χ4n) is 1.51. The van der Waals surface area contributed by atoms with Gasteiger partial charge in [-0.15, -0.1) is 0 Å². The van der Waals surface area contributed by atoms with E-state index in [1.165, 1.54) is 21.1 Å². The number of halogens is 2. The molecule has 1 atom stereocenters. The molecule has 90 valence electrons. The summed E-state index contributed by atoms with van der Waals surface area (Å²) < 4.78 is 36.5. The van der Waals surface area contributed by atoms with Crippen LogP contribution in [0.4, 0.5) is 8.78 Å². The van der Waals surface area contributed by atoms with Gasteiger partial charge in [-0.3, -0.25) is 0 Å². The number of benzene rings is 1. The zero-order valence-corrected chi connectivity index (χ0v) is 9.38. The Morgan fingerprint density at radius 3 is 2.19 bits per heavy atom. The molecule has 0 amide bonds. The summed E-state index contributed by atoms with van der Waals surface area (Å²) in [6, 6.07) is 0.721. The minimum absolute atomic E-state index is 0.0131. The molecule has 1 unspecified atom stereocenters. The molecule has 0 aliphatic rings. The van der Waals surface area contributed by atoms with Crippen LogP contribution in [0, 0.1) is 11.6 Å². The number of hydrogen-bond donors (Lipinski definition) is 1. The Balaban J connectivity index is 3.34. The van der Waals surface area contributed by atoms with E-state index in [9.17, 15) is 13.9 Å². The zero-order chi connectivity index (χ0) is 12.3. The van der Waals surface area contributed by atoms with E-state index in [1.54, 1.807) is 0 Å². The summed E-state index contributed by atoms with van der Waals surface area (Å²) in [6.45, 7) is 1.51. The predicted molar refractivity (Wildman–Crippen MR) is 54.8 cm³/mol. The smallest absolute Gasteiger partial charge is 0.197 e. The highest BCUT2D eigenvalue weighted by atomic mass is 19.1. The fraction of sp³-hybridized carbons (Fsp3) is 0.455. The molecule has 0 aliphatic carbocycles. The van der Waals surface area contributed by atoms with E-state index in [0.29, 0.717) is 0 Å². The normalized spacial score (nSPS) is 12.4. The first-order valence-electron chi connectivity index (χ1n) is 4.78. The van der Waals surface area contributed by atoms with Crippen LogP contribution >= 0.6 is 0 Å². The number of aliphatic hydroxyl groups excluding tert-OH is 1. The van der Waals surface area contributed by atoms with Crippen LogP contribution < -0.4 is 9.47 Å². The van der Waals surface area contributed by atoms with Crippen LogP contribution in [0.1, 0.15) is 12.5 Å². The Bertz CT molecular complexity index is 378. The second-order valence-corrected chi connectivity index (χ2v) is 3.44. The number of rotatable bonds is 4. The van der Waals surface area contributed by atoms with Crippen molar-refractivity contribution in [2.75, 3.05) is 14.2 Å². The van der Waals surface area contributed by atoms with E-state index >= 15 is 0 Å². The molecule has 0 heterocycles. The topological polar surface area (TPSA) is 38.7 Å². The van der Waals surface area contributed by atoms with Crippen molar-refractivity contribution in [1.82, 2.24) is 0 Å². The molecule has 0 aliphatic heterocycles. The van der Waals surface area contributed by atoms with E-state index in [0.717, 1.165) is 6.07 Å². The summed E-state index contributed by atoms with van der Waals surface area (Å²) >= 11 is 0. The van der Waals surface area contributed by atoms with Gasteiger partial charge in [0.25, 0.3) is 0 Å². The van der Waals surface area contributed by atoms with E-state index < -0.39 is 17.7 Å². The summed E-state index contributed by atoms with van der Waals surface area (Å²) in [5.41, 5.74) is 0.107. The van der Waals surface area contributed by atoms with E-state index in [4.69, 9.17) is 9.47 Å². The molecule has 0 aromatic heterocycles. The lowest BCUT2D eigenvalue weighted by molar-refractivity contribution is 0.192. The van der Waals surface area contributed by atoms with Gasteiger partial charge in [0, 0.05) is 18.1 Å². The third-order valence-corrected chi connectivity index (χ3v) is 2.15. The van der Waals surface area contributed by atoms with Crippen molar-refractivity contribution in [3.8, 4) is 11.5 Å². The molecule has 1 aromatic rings. The van der Waals surface area contributed by atoms with Crippen LogP contribution in [-0.2, 0) is 6.42 Å². The number of ether oxygens (including phenoxy) is 2. The molecule has 0 radical (unpaired) electrons. The van der Waals surface area contributed by atoms with Gasteiger partial charge in [0.2, 0.25) is 0 Å². The highest BCUT2D eigenvalue weighted by Crippen LogP contribution is 2.36. The van der Waals surface area contributed by atoms with E-state index in [1.807, 2.05) is 0 Å². The van der Waals surface area contributed by atoms with Gasteiger partial charge in [-0.2, -0.15) is 0 Å². The molecule has 0 bridgehead atoms. The van der Waals surface area contributed by atoms with Crippen LogP contribution in [0.5, 0.6) is 11.5 Å². The minimum atomic E-state index is -0.828. The first-order valence-corrected chi connectivity index (χ1v) is 4.78. The fourth-order valence-corrected chi connectivity index (χ4v) is 1.51. The summed E-state index contributed by atoms with van der Waals surface area (Å²) in [6.07, 6.45) is -0.718. The first-order chi connectivity index (χ1) is 7.51. The minimum Gasteiger partial charge on any atom is -0.492 e. The molecule has 0 spiro atoms. The standard InChI is InChI=1S/C11H14F2O3/c1-6(14)4-7-8(12)5-9(13)11(16-3)10(7)15-2/h5-6,14H,4H2,1-3H3. The third kappa shape index (κ3) is 2.41. The molecular formula is C11H14F2O3. The maximum atomic E-state index is 13.5. The van der Waals surface area contributed by atoms with Crippen LogP contribution in [0.25, 0.3) is 0 Å². The molecular weight excluding hydrogens is 218 g/mol. The van der Waals surface area contributed by atoms with Gasteiger partial charge < -0.3 is 14.6 Å². The molecule has 16 heavy (non-hydrogen) atoms. The number of hydrogen-bond acceptors (Lipinski definition) is 3. The van der Waals surface area contributed by atoms with Gasteiger partial charge in [0.1, 0.15) is 5.82 Å². The van der Waals surface area contributed by atoms with Gasteiger partial charge in [-0.1, -0.05) is 0 Å². The maximum Gasteiger partial charge on any atom is 0.197 e. The summed E-state index contributed by atoms with van der Waals surface area (Å²) in [5.74, 6) is -1.75. The lowest BCUT2D eigenvalue weighted by atomic mass is 10.1. The Hall–Kier alpha value is -1.36. The SMILES string of the molecule is COc1c(F)cc(F)c(CC(C)O)c1OC.